The van der Waals surface area contributed by atoms with Crippen molar-refractivity contribution in [1.29, 1.82) is 0 Å². The molecule has 0 spiro atoms. The number of aromatic nitrogens is 6. The van der Waals surface area contributed by atoms with Crippen LogP contribution < -0.4 is 0 Å². The van der Waals surface area contributed by atoms with Gasteiger partial charge in [0.1, 0.15) is 16.7 Å². The molecule has 3 rings (SSSR count). The molecule has 0 radical (unpaired) electrons. The topological polar surface area (TPSA) is 80.2 Å². The van der Waals surface area contributed by atoms with E-state index in [1.807, 2.05) is 0 Å². The van der Waals surface area contributed by atoms with Gasteiger partial charge in [-0.3, -0.25) is 0 Å². The van der Waals surface area contributed by atoms with Crippen molar-refractivity contribution in [2.45, 2.75) is 0 Å². The third-order valence-electron chi connectivity index (χ3n) is 1.76. The smallest absolute Gasteiger partial charge is 0.181 e. The monoisotopic (exact) mass is 204 g/mol. The molecule has 0 aromatic carbocycles. The minimum atomic E-state index is 0.656. The van der Waals surface area contributed by atoms with Gasteiger partial charge >= 0.3 is 0 Å². The van der Waals surface area contributed by atoms with Gasteiger partial charge in [-0.25, -0.2) is 15.0 Å². The highest BCUT2D eigenvalue weighted by Gasteiger charge is 2.07. The molecule has 0 aliphatic carbocycles. The Kier molecular flexibility index (Phi) is 1.51. The number of nitrogens with zero attached hydrogens (tertiary/aromatic N) is 5. The Morgan fingerprint density at radius 2 is 2.29 bits per heavy atom. The highest BCUT2D eigenvalue weighted by Crippen LogP contribution is 2.19. The molecule has 0 saturated carbocycles. The van der Waals surface area contributed by atoms with Gasteiger partial charge in [0.05, 0.1) is 12.4 Å². The van der Waals surface area contributed by atoms with E-state index in [2.05, 4.69) is 29.5 Å². The number of hydrogen-bond donors (Lipinski definition) is 1. The summed E-state index contributed by atoms with van der Waals surface area (Å²) >= 11 is 1.29. The molecule has 0 atom stereocenters. The van der Waals surface area contributed by atoms with Crippen LogP contribution >= 0.6 is 11.5 Å². The summed E-state index contributed by atoms with van der Waals surface area (Å²) in [5.74, 6) is 0.732. The van der Waals surface area contributed by atoms with Gasteiger partial charge in [-0.05, 0) is 11.5 Å². The van der Waals surface area contributed by atoms with E-state index in [9.17, 15) is 0 Å². The molecule has 0 fully saturated rings. The largest absolute Gasteiger partial charge is 0.335 e. The van der Waals surface area contributed by atoms with Crippen molar-refractivity contribution >= 4 is 22.7 Å². The first-order valence-electron chi connectivity index (χ1n) is 3.87. The highest BCUT2D eigenvalue weighted by atomic mass is 32.1. The lowest BCUT2D eigenvalue weighted by molar-refractivity contribution is 1.15. The first-order valence-corrected chi connectivity index (χ1v) is 4.64. The molecule has 3 aromatic rings. The van der Waals surface area contributed by atoms with Gasteiger partial charge in [-0.15, -0.1) is 5.10 Å². The third kappa shape index (κ3) is 1.06. The van der Waals surface area contributed by atoms with E-state index in [0.29, 0.717) is 5.65 Å². The molecule has 0 unspecified atom stereocenters. The Hall–Kier alpha value is -1.89. The van der Waals surface area contributed by atoms with Gasteiger partial charge in [0.25, 0.3) is 0 Å². The van der Waals surface area contributed by atoms with Crippen molar-refractivity contribution < 1.29 is 0 Å². The molecule has 0 amide bonds. The zero-order valence-corrected chi connectivity index (χ0v) is 7.69. The summed E-state index contributed by atoms with van der Waals surface area (Å²) in [5, 5.41) is 3.74. The summed E-state index contributed by atoms with van der Waals surface area (Å²) in [6, 6.07) is 0. The summed E-state index contributed by atoms with van der Waals surface area (Å²) in [6.45, 7) is 0. The zero-order valence-electron chi connectivity index (χ0n) is 6.88. The fraction of sp³-hybridized carbons (Fsp3) is 0. The second kappa shape index (κ2) is 2.81. The predicted octanol–water partition coefficient (Wildman–Crippen LogP) is 0.871. The van der Waals surface area contributed by atoms with Crippen LogP contribution in [0, 0.1) is 0 Å². The lowest BCUT2D eigenvalue weighted by Crippen LogP contribution is -1.76. The van der Waals surface area contributed by atoms with Crippen molar-refractivity contribution in [1.82, 2.24) is 29.5 Å². The van der Waals surface area contributed by atoms with Crippen LogP contribution in [0.25, 0.3) is 21.9 Å². The lowest BCUT2D eigenvalue weighted by atomic mass is 10.5. The van der Waals surface area contributed by atoms with Gasteiger partial charge in [0, 0.05) is 0 Å². The van der Waals surface area contributed by atoms with Gasteiger partial charge < -0.3 is 4.98 Å². The van der Waals surface area contributed by atoms with Crippen LogP contribution in [0.15, 0.2) is 18.7 Å². The molecule has 7 heteroatoms. The van der Waals surface area contributed by atoms with Crippen molar-refractivity contribution in [3.8, 4) is 10.7 Å². The van der Waals surface area contributed by atoms with Crippen LogP contribution in [0.4, 0.5) is 0 Å². The third-order valence-corrected chi connectivity index (χ3v) is 2.43. The SMILES string of the molecule is c1ncc2[nH]c(-c3cnns3)nc2n1. The second-order valence-electron chi connectivity index (χ2n) is 2.63. The van der Waals surface area contributed by atoms with Crippen LogP contribution in [0.1, 0.15) is 0 Å². The molecule has 68 valence electrons. The Labute approximate surface area is 82.2 Å². The molecule has 14 heavy (non-hydrogen) atoms. The Bertz CT molecular complexity index is 523. The molecule has 3 aromatic heterocycles. The van der Waals surface area contributed by atoms with Crippen molar-refractivity contribution in [3.05, 3.63) is 18.7 Å². The van der Waals surface area contributed by atoms with Gasteiger partial charge in [-0.2, -0.15) is 0 Å². The summed E-state index contributed by atoms with van der Waals surface area (Å²) in [5.41, 5.74) is 1.47. The maximum absolute atomic E-state index is 4.28. The fourth-order valence-corrected chi connectivity index (χ4v) is 1.61. The molecule has 0 aliphatic rings. The van der Waals surface area contributed by atoms with Gasteiger partial charge in [-0.1, -0.05) is 4.49 Å². The van der Waals surface area contributed by atoms with E-state index in [0.717, 1.165) is 16.2 Å². The van der Waals surface area contributed by atoms with Crippen molar-refractivity contribution in [3.63, 3.8) is 0 Å². The molecule has 3 heterocycles. The van der Waals surface area contributed by atoms with Crippen LogP contribution in [-0.2, 0) is 0 Å². The number of imidazole rings is 1. The lowest BCUT2D eigenvalue weighted by Gasteiger charge is -1.82. The minimum absolute atomic E-state index is 0.656. The summed E-state index contributed by atoms with van der Waals surface area (Å²) in [4.78, 5) is 16.2. The average molecular weight is 204 g/mol. The Balaban J connectivity index is 2.24. The maximum Gasteiger partial charge on any atom is 0.181 e. The van der Waals surface area contributed by atoms with Crippen molar-refractivity contribution in [2.75, 3.05) is 0 Å². The minimum Gasteiger partial charge on any atom is -0.335 e. The first kappa shape index (κ1) is 7.51. The van der Waals surface area contributed by atoms with E-state index >= 15 is 0 Å². The molecule has 6 nitrogen and oxygen atoms in total. The van der Waals surface area contributed by atoms with E-state index in [-0.39, 0.29) is 0 Å². The van der Waals surface area contributed by atoms with Gasteiger partial charge in [0.2, 0.25) is 0 Å². The number of fused-ring (bicyclic) bond motifs is 1. The van der Waals surface area contributed by atoms with Crippen LogP contribution in [0.3, 0.4) is 0 Å². The second-order valence-corrected chi connectivity index (χ2v) is 3.41. The highest BCUT2D eigenvalue weighted by molar-refractivity contribution is 7.09. The fourth-order valence-electron chi connectivity index (χ4n) is 1.15. The molecule has 0 saturated heterocycles. The van der Waals surface area contributed by atoms with Crippen LogP contribution in [0.5, 0.6) is 0 Å². The number of nitrogens with one attached hydrogen (secondary N) is 1. The molecule has 0 aliphatic heterocycles. The van der Waals surface area contributed by atoms with E-state index in [4.69, 9.17) is 0 Å². The first-order chi connectivity index (χ1) is 6.93. The number of aromatic amines is 1. The maximum atomic E-state index is 4.28. The van der Waals surface area contributed by atoms with Crippen LogP contribution in [-0.4, -0.2) is 29.5 Å². The molecular weight excluding hydrogens is 200 g/mol. The standard InChI is InChI=1S/C7H4N6S/c1-4-6(9-3-8-1)12-7(11-4)5-2-10-13-14-5/h1-3H,(H,8,9,11,12). The van der Waals surface area contributed by atoms with Crippen LogP contribution in [0.2, 0.25) is 0 Å². The average Bonchev–Trinajstić information content (AvgIpc) is 2.86. The summed E-state index contributed by atoms with van der Waals surface area (Å²) in [6.07, 6.45) is 4.82. The Morgan fingerprint density at radius 3 is 3.07 bits per heavy atom. The quantitative estimate of drug-likeness (QED) is 0.636. The Morgan fingerprint density at radius 1 is 1.29 bits per heavy atom. The molecule has 1 N–H and O–H groups in total. The van der Waals surface area contributed by atoms with E-state index in [1.165, 1.54) is 17.9 Å². The zero-order chi connectivity index (χ0) is 9.38. The van der Waals surface area contributed by atoms with E-state index in [1.54, 1.807) is 12.4 Å². The number of rotatable bonds is 1. The number of H-pyrrole nitrogens is 1. The predicted molar refractivity (Wildman–Crippen MR) is 50.6 cm³/mol. The summed E-state index contributed by atoms with van der Waals surface area (Å²) < 4.78 is 3.76. The molecular formula is C7H4N6S. The summed E-state index contributed by atoms with van der Waals surface area (Å²) in [7, 11) is 0. The molecule has 0 bridgehead atoms. The normalized spacial score (nSPS) is 10.9. The van der Waals surface area contributed by atoms with E-state index < -0.39 is 0 Å². The van der Waals surface area contributed by atoms with Gasteiger partial charge in [0.15, 0.2) is 11.5 Å². The number of hydrogen-bond acceptors (Lipinski definition) is 6. The van der Waals surface area contributed by atoms with Crippen molar-refractivity contribution in [2.24, 2.45) is 0 Å².